The Morgan fingerprint density at radius 3 is 2.16 bits per heavy atom. The molecule has 166 valence electrons. The number of carbonyl (C=O) groups excluding carboxylic acids is 1. The first-order chi connectivity index (χ1) is 14.8. The minimum Gasteiger partial charge on any atom is -0.496 e. The molecule has 1 heterocycles. The van der Waals surface area contributed by atoms with Crippen molar-refractivity contribution in [3.8, 4) is 23.0 Å². The second kappa shape index (κ2) is 10.5. The lowest BCUT2D eigenvalue weighted by molar-refractivity contribution is -0.111. The molecule has 2 aromatic rings. The van der Waals surface area contributed by atoms with Crippen molar-refractivity contribution >= 4 is 27.6 Å². The Kier molecular flexibility index (Phi) is 8.03. The molecule has 0 saturated heterocycles. The van der Waals surface area contributed by atoms with Gasteiger partial charge in [0.15, 0.2) is 21.4 Å². The first kappa shape index (κ1) is 23.7. The summed E-state index contributed by atoms with van der Waals surface area (Å²) < 4.78 is 46.3. The molecule has 9 nitrogen and oxygen atoms in total. The maximum atomic E-state index is 12.7. The molecule has 0 spiro atoms. The van der Waals surface area contributed by atoms with Crippen molar-refractivity contribution in [3.05, 3.63) is 53.6 Å². The fourth-order valence-electron chi connectivity index (χ4n) is 2.61. The first-order valence-electron chi connectivity index (χ1n) is 8.95. The quantitative estimate of drug-likeness (QED) is 0.552. The minimum absolute atomic E-state index is 0.0996. The second-order valence-corrected chi connectivity index (χ2v) is 7.99. The van der Waals surface area contributed by atoms with E-state index in [1.165, 1.54) is 46.6 Å². The highest BCUT2D eigenvalue weighted by Crippen LogP contribution is 2.35. The van der Waals surface area contributed by atoms with Gasteiger partial charge < -0.3 is 24.3 Å². The van der Waals surface area contributed by atoms with Crippen LogP contribution >= 0.6 is 0 Å². The summed E-state index contributed by atoms with van der Waals surface area (Å²) in [7, 11) is 2.10. The van der Waals surface area contributed by atoms with Gasteiger partial charge >= 0.3 is 0 Å². The number of nitrogens with one attached hydrogen (secondary N) is 1. The van der Waals surface area contributed by atoms with Gasteiger partial charge in [0.2, 0.25) is 5.91 Å². The van der Waals surface area contributed by atoms with E-state index < -0.39 is 21.5 Å². The summed E-state index contributed by atoms with van der Waals surface area (Å²) in [5.74, 6) is 0.779. The SMILES string of the molecule is C=CC(=O)Nc1nc(CS(=O)(=O)/C=C/c2c(OC)cc(OC)cc2OC)ccc1OC. The number of ether oxygens (including phenoxy) is 4. The summed E-state index contributed by atoms with van der Waals surface area (Å²) in [5.41, 5.74) is 0.662. The van der Waals surface area contributed by atoms with E-state index in [0.29, 0.717) is 28.6 Å². The molecule has 1 aromatic carbocycles. The van der Waals surface area contributed by atoms with Crippen LogP contribution in [0, 0.1) is 0 Å². The van der Waals surface area contributed by atoms with Crippen LogP contribution in [0.5, 0.6) is 23.0 Å². The highest BCUT2D eigenvalue weighted by molar-refractivity contribution is 7.93. The number of rotatable bonds is 10. The van der Waals surface area contributed by atoms with Crippen molar-refractivity contribution in [3.63, 3.8) is 0 Å². The van der Waals surface area contributed by atoms with Gasteiger partial charge in [0.25, 0.3) is 0 Å². The Balaban J connectivity index is 2.34. The van der Waals surface area contributed by atoms with Gasteiger partial charge in [0.05, 0.1) is 45.4 Å². The van der Waals surface area contributed by atoms with Crippen LogP contribution in [0.25, 0.3) is 6.08 Å². The van der Waals surface area contributed by atoms with E-state index in [9.17, 15) is 13.2 Å². The third-order valence-electron chi connectivity index (χ3n) is 4.11. The van der Waals surface area contributed by atoms with Crippen LogP contribution < -0.4 is 24.3 Å². The van der Waals surface area contributed by atoms with E-state index in [0.717, 1.165) is 11.5 Å². The maximum absolute atomic E-state index is 12.7. The Labute approximate surface area is 181 Å². The fourth-order valence-corrected chi connectivity index (χ4v) is 3.62. The predicted octanol–water partition coefficient (Wildman–Crippen LogP) is 2.83. The summed E-state index contributed by atoms with van der Waals surface area (Å²) in [5, 5.41) is 3.53. The summed E-state index contributed by atoms with van der Waals surface area (Å²) in [6.45, 7) is 3.37. The molecular weight excluding hydrogens is 424 g/mol. The molecule has 1 N–H and O–H groups in total. The number of carbonyl (C=O) groups is 1. The fraction of sp³-hybridized carbons (Fsp3) is 0.238. The Hall–Kier alpha value is -3.53. The van der Waals surface area contributed by atoms with Crippen molar-refractivity contribution in [2.75, 3.05) is 33.8 Å². The Bertz CT molecular complexity index is 1070. The van der Waals surface area contributed by atoms with Gasteiger partial charge in [-0.3, -0.25) is 4.79 Å². The molecule has 1 aromatic heterocycles. The van der Waals surface area contributed by atoms with Gasteiger partial charge in [-0.25, -0.2) is 13.4 Å². The lowest BCUT2D eigenvalue weighted by Crippen LogP contribution is -2.12. The number of nitrogens with zero attached hydrogens (tertiary/aromatic N) is 1. The zero-order valence-electron chi connectivity index (χ0n) is 17.7. The zero-order valence-corrected chi connectivity index (χ0v) is 18.5. The van der Waals surface area contributed by atoms with Gasteiger partial charge in [0, 0.05) is 17.5 Å². The number of amides is 1. The number of hydrogen-bond acceptors (Lipinski definition) is 8. The molecule has 31 heavy (non-hydrogen) atoms. The highest BCUT2D eigenvalue weighted by Gasteiger charge is 2.16. The monoisotopic (exact) mass is 448 g/mol. The molecule has 0 aliphatic rings. The Morgan fingerprint density at radius 1 is 1.03 bits per heavy atom. The van der Waals surface area contributed by atoms with Crippen LogP contribution in [0.4, 0.5) is 5.82 Å². The number of anilines is 1. The third-order valence-corrected chi connectivity index (χ3v) is 5.36. The van der Waals surface area contributed by atoms with Crippen molar-refractivity contribution in [1.82, 2.24) is 4.98 Å². The lowest BCUT2D eigenvalue weighted by atomic mass is 10.1. The summed E-state index contributed by atoms with van der Waals surface area (Å²) in [4.78, 5) is 15.8. The highest BCUT2D eigenvalue weighted by atomic mass is 32.2. The Morgan fingerprint density at radius 2 is 1.65 bits per heavy atom. The number of aromatic nitrogens is 1. The van der Waals surface area contributed by atoms with Crippen molar-refractivity contribution in [2.24, 2.45) is 0 Å². The summed E-state index contributed by atoms with van der Waals surface area (Å²) in [6.07, 6.45) is 2.46. The lowest BCUT2D eigenvalue weighted by Gasteiger charge is -2.12. The molecule has 10 heteroatoms. The van der Waals surface area contributed by atoms with Crippen LogP contribution in [-0.2, 0) is 20.4 Å². The van der Waals surface area contributed by atoms with Gasteiger partial charge in [-0.2, -0.15) is 0 Å². The van der Waals surface area contributed by atoms with E-state index in [2.05, 4.69) is 16.9 Å². The number of pyridine rings is 1. The predicted molar refractivity (Wildman–Crippen MR) is 117 cm³/mol. The zero-order chi connectivity index (χ0) is 23.0. The molecule has 0 unspecified atom stereocenters. The van der Waals surface area contributed by atoms with Crippen LogP contribution in [0.2, 0.25) is 0 Å². The van der Waals surface area contributed by atoms with Gasteiger partial charge in [-0.1, -0.05) is 6.58 Å². The van der Waals surface area contributed by atoms with Crippen molar-refractivity contribution in [2.45, 2.75) is 5.75 Å². The van der Waals surface area contributed by atoms with Gasteiger partial charge in [-0.15, -0.1) is 0 Å². The number of hydrogen-bond donors (Lipinski definition) is 1. The van der Waals surface area contributed by atoms with E-state index in [1.807, 2.05) is 0 Å². The molecule has 0 atom stereocenters. The second-order valence-electron chi connectivity index (χ2n) is 6.10. The topological polar surface area (TPSA) is 113 Å². The number of methoxy groups -OCH3 is 4. The molecule has 2 rings (SSSR count). The minimum atomic E-state index is -3.73. The number of sulfone groups is 1. The molecule has 0 aliphatic heterocycles. The van der Waals surface area contributed by atoms with Crippen LogP contribution in [0.3, 0.4) is 0 Å². The average molecular weight is 448 g/mol. The smallest absolute Gasteiger partial charge is 0.249 e. The first-order valence-corrected chi connectivity index (χ1v) is 10.7. The largest absolute Gasteiger partial charge is 0.496 e. The normalized spacial score (nSPS) is 11.1. The third kappa shape index (κ3) is 6.22. The van der Waals surface area contributed by atoms with E-state index in [1.54, 1.807) is 12.1 Å². The van der Waals surface area contributed by atoms with Crippen LogP contribution in [-0.4, -0.2) is 47.7 Å². The van der Waals surface area contributed by atoms with E-state index in [4.69, 9.17) is 18.9 Å². The molecule has 0 fully saturated rings. The standard InChI is InChI=1S/C21H24N2O7S/c1-6-20(24)23-21-17(28-3)8-7-14(22-21)13-31(25,26)10-9-16-18(29-4)11-15(27-2)12-19(16)30-5/h6-12H,1,13H2,2-5H3,(H,22,23,24)/b10-9+. The summed E-state index contributed by atoms with van der Waals surface area (Å²) >= 11 is 0. The van der Waals surface area contributed by atoms with Crippen molar-refractivity contribution in [1.29, 1.82) is 0 Å². The molecule has 1 amide bonds. The molecule has 0 radical (unpaired) electrons. The van der Waals surface area contributed by atoms with E-state index in [-0.39, 0.29) is 11.5 Å². The van der Waals surface area contributed by atoms with E-state index >= 15 is 0 Å². The van der Waals surface area contributed by atoms with Gasteiger partial charge in [-0.05, 0) is 24.3 Å². The van der Waals surface area contributed by atoms with Crippen LogP contribution in [0.15, 0.2) is 42.3 Å². The molecule has 0 bridgehead atoms. The van der Waals surface area contributed by atoms with Crippen LogP contribution in [0.1, 0.15) is 11.3 Å². The average Bonchev–Trinajstić information content (AvgIpc) is 2.76. The molecule has 0 saturated carbocycles. The summed E-state index contributed by atoms with van der Waals surface area (Å²) in [6, 6.07) is 6.26. The number of benzene rings is 1. The maximum Gasteiger partial charge on any atom is 0.249 e. The molecule has 0 aliphatic carbocycles. The van der Waals surface area contributed by atoms with Gasteiger partial charge in [0.1, 0.15) is 17.2 Å². The van der Waals surface area contributed by atoms with Crippen molar-refractivity contribution < 1.29 is 32.2 Å². The molecular formula is C21H24N2O7S.